The number of para-hydroxylation sites is 1. The molecule has 0 spiro atoms. The molecule has 0 radical (unpaired) electrons. The second-order valence-corrected chi connectivity index (χ2v) is 8.19. The molecule has 4 rings (SSSR count). The van der Waals surface area contributed by atoms with Crippen LogP contribution in [-0.4, -0.2) is 29.0 Å². The van der Waals surface area contributed by atoms with Crippen molar-refractivity contribution in [3.05, 3.63) is 82.6 Å². The zero-order valence-electron chi connectivity index (χ0n) is 16.1. The molecule has 0 bridgehead atoms. The maximum absolute atomic E-state index is 12.6. The first-order chi connectivity index (χ1) is 14.7. The maximum atomic E-state index is 12.6. The summed E-state index contributed by atoms with van der Waals surface area (Å²) < 4.78 is 11.0. The van der Waals surface area contributed by atoms with Crippen LogP contribution in [0.2, 0.25) is 0 Å². The Bertz CT molecular complexity index is 1100. The molecular weight excluding hydrogens is 418 g/mol. The maximum Gasteiger partial charge on any atom is 0.277 e. The molecule has 0 aliphatic heterocycles. The van der Waals surface area contributed by atoms with Gasteiger partial charge < -0.3 is 14.5 Å². The van der Waals surface area contributed by atoms with Crippen molar-refractivity contribution >= 4 is 29.0 Å². The second-order valence-electron chi connectivity index (χ2n) is 6.29. The monoisotopic (exact) mass is 437 g/mol. The third kappa shape index (κ3) is 4.72. The molecular formula is C22H19N3O3S2. The summed E-state index contributed by atoms with van der Waals surface area (Å²) in [6, 6.07) is 21.1. The predicted octanol–water partition coefficient (Wildman–Crippen LogP) is 4.80. The molecule has 1 N–H and O–H groups in total. The van der Waals surface area contributed by atoms with Crippen LogP contribution < -0.4 is 10.1 Å². The third-order valence-electron chi connectivity index (χ3n) is 4.34. The van der Waals surface area contributed by atoms with E-state index in [0.717, 1.165) is 10.4 Å². The Balaban J connectivity index is 1.42. The van der Waals surface area contributed by atoms with E-state index in [4.69, 9.17) is 9.15 Å². The molecule has 2 heterocycles. The minimum Gasteiger partial charge on any atom is -0.496 e. The molecule has 8 heteroatoms. The number of carbonyl (C=O) groups is 1. The van der Waals surface area contributed by atoms with Crippen LogP contribution in [0.25, 0.3) is 11.5 Å². The molecule has 30 heavy (non-hydrogen) atoms. The summed E-state index contributed by atoms with van der Waals surface area (Å²) in [7, 11) is 1.59. The standard InChI is InChI=1S/C22H19N3O3S2/c1-27-17-11-6-5-10-16(17)21-24-25-22(28-21)30-14-19(26)23-20(18-12-7-13-29-18)15-8-3-2-4-9-15/h2-13,20H,14H2,1H3,(H,23,26). The van der Waals surface area contributed by atoms with Crippen LogP contribution in [0.4, 0.5) is 0 Å². The highest BCUT2D eigenvalue weighted by Gasteiger charge is 2.19. The van der Waals surface area contributed by atoms with Gasteiger partial charge in [-0.1, -0.05) is 60.3 Å². The van der Waals surface area contributed by atoms with Crippen LogP contribution in [0.3, 0.4) is 0 Å². The summed E-state index contributed by atoms with van der Waals surface area (Å²) in [4.78, 5) is 13.7. The van der Waals surface area contributed by atoms with Crippen molar-refractivity contribution in [1.29, 1.82) is 0 Å². The van der Waals surface area contributed by atoms with E-state index in [0.29, 0.717) is 22.4 Å². The number of hydrogen-bond donors (Lipinski definition) is 1. The van der Waals surface area contributed by atoms with Crippen LogP contribution in [0, 0.1) is 0 Å². The molecule has 4 aromatic rings. The quantitative estimate of drug-likeness (QED) is 0.399. The number of hydrogen-bond acceptors (Lipinski definition) is 7. The molecule has 0 fully saturated rings. The number of nitrogens with zero attached hydrogens (tertiary/aromatic N) is 2. The number of thiophene rings is 1. The number of ether oxygens (including phenoxy) is 1. The smallest absolute Gasteiger partial charge is 0.277 e. The normalized spacial score (nSPS) is 11.8. The minimum atomic E-state index is -0.189. The topological polar surface area (TPSA) is 77.2 Å². The van der Waals surface area contributed by atoms with E-state index in [1.54, 1.807) is 18.4 Å². The summed E-state index contributed by atoms with van der Waals surface area (Å²) in [5.74, 6) is 1.06. The number of nitrogens with one attached hydrogen (secondary N) is 1. The lowest BCUT2D eigenvalue weighted by atomic mass is 10.1. The summed E-state index contributed by atoms with van der Waals surface area (Å²) in [6.45, 7) is 0. The molecule has 1 atom stereocenters. The molecule has 2 aromatic heterocycles. The van der Waals surface area contributed by atoms with Crippen molar-refractivity contribution in [2.45, 2.75) is 11.3 Å². The number of methoxy groups -OCH3 is 1. The Hall–Kier alpha value is -3.10. The number of amides is 1. The molecule has 152 valence electrons. The van der Waals surface area contributed by atoms with E-state index in [9.17, 15) is 4.79 Å². The fourth-order valence-electron chi connectivity index (χ4n) is 2.95. The van der Waals surface area contributed by atoms with E-state index in [1.807, 2.05) is 72.1 Å². The number of aromatic nitrogens is 2. The molecule has 2 aromatic carbocycles. The van der Waals surface area contributed by atoms with Gasteiger partial charge in [0.25, 0.3) is 11.1 Å². The lowest BCUT2D eigenvalue weighted by Crippen LogP contribution is -2.30. The zero-order chi connectivity index (χ0) is 20.8. The van der Waals surface area contributed by atoms with Gasteiger partial charge in [0, 0.05) is 4.88 Å². The largest absolute Gasteiger partial charge is 0.496 e. The number of thioether (sulfide) groups is 1. The fourth-order valence-corrected chi connectivity index (χ4v) is 4.32. The minimum absolute atomic E-state index is 0.112. The second kappa shape index (κ2) is 9.60. The molecule has 1 amide bonds. The van der Waals surface area contributed by atoms with Crippen molar-refractivity contribution in [2.75, 3.05) is 12.9 Å². The van der Waals surface area contributed by atoms with Crippen LogP contribution >= 0.6 is 23.1 Å². The van der Waals surface area contributed by atoms with Crippen molar-refractivity contribution < 1.29 is 13.9 Å². The van der Waals surface area contributed by atoms with Gasteiger partial charge in [0.05, 0.1) is 24.5 Å². The Morgan fingerprint density at radius 1 is 1.10 bits per heavy atom. The first kappa shape index (κ1) is 20.2. The lowest BCUT2D eigenvalue weighted by molar-refractivity contribution is -0.119. The van der Waals surface area contributed by atoms with Gasteiger partial charge >= 0.3 is 0 Å². The Morgan fingerprint density at radius 2 is 1.90 bits per heavy atom. The van der Waals surface area contributed by atoms with E-state index in [-0.39, 0.29) is 17.7 Å². The highest BCUT2D eigenvalue weighted by atomic mass is 32.2. The molecule has 0 aliphatic carbocycles. The van der Waals surface area contributed by atoms with Gasteiger partial charge in [0.2, 0.25) is 5.91 Å². The van der Waals surface area contributed by atoms with Gasteiger partial charge in [-0.15, -0.1) is 21.5 Å². The molecule has 0 saturated carbocycles. The van der Waals surface area contributed by atoms with E-state index < -0.39 is 0 Å². The highest BCUT2D eigenvalue weighted by molar-refractivity contribution is 7.99. The number of rotatable bonds is 8. The van der Waals surface area contributed by atoms with Crippen molar-refractivity contribution in [2.24, 2.45) is 0 Å². The Kier molecular flexibility index (Phi) is 6.46. The van der Waals surface area contributed by atoms with E-state index in [2.05, 4.69) is 15.5 Å². The van der Waals surface area contributed by atoms with E-state index in [1.165, 1.54) is 11.8 Å². The van der Waals surface area contributed by atoms with Crippen molar-refractivity contribution in [3.8, 4) is 17.2 Å². The lowest BCUT2D eigenvalue weighted by Gasteiger charge is -2.17. The SMILES string of the molecule is COc1ccccc1-c1nnc(SCC(=O)NC(c2ccccc2)c2cccs2)o1. The molecule has 0 aliphatic rings. The molecule has 0 saturated heterocycles. The zero-order valence-corrected chi connectivity index (χ0v) is 17.8. The summed E-state index contributed by atoms with van der Waals surface area (Å²) >= 11 is 2.81. The van der Waals surface area contributed by atoms with Crippen LogP contribution in [0.5, 0.6) is 5.75 Å². The van der Waals surface area contributed by atoms with Gasteiger partial charge in [0.15, 0.2) is 0 Å². The van der Waals surface area contributed by atoms with Gasteiger partial charge in [0.1, 0.15) is 5.75 Å². The summed E-state index contributed by atoms with van der Waals surface area (Å²) in [6.07, 6.45) is 0. The molecule has 6 nitrogen and oxygen atoms in total. The number of benzene rings is 2. The van der Waals surface area contributed by atoms with Gasteiger partial charge in [-0.3, -0.25) is 4.79 Å². The summed E-state index contributed by atoms with van der Waals surface area (Å²) in [5.41, 5.74) is 1.75. The molecule has 1 unspecified atom stereocenters. The van der Waals surface area contributed by atoms with E-state index >= 15 is 0 Å². The van der Waals surface area contributed by atoms with Gasteiger partial charge in [-0.05, 0) is 29.1 Å². The van der Waals surface area contributed by atoms with Crippen molar-refractivity contribution in [3.63, 3.8) is 0 Å². The average Bonchev–Trinajstić information content (AvgIpc) is 3.49. The predicted molar refractivity (Wildman–Crippen MR) is 118 cm³/mol. The average molecular weight is 438 g/mol. The Labute approximate surface area is 182 Å². The summed E-state index contributed by atoms with van der Waals surface area (Å²) in [5, 5.41) is 13.6. The Morgan fingerprint density at radius 3 is 2.67 bits per heavy atom. The fraction of sp³-hybridized carbons (Fsp3) is 0.136. The first-order valence-corrected chi connectivity index (χ1v) is 11.1. The number of carbonyl (C=O) groups excluding carboxylic acids is 1. The highest BCUT2D eigenvalue weighted by Crippen LogP contribution is 2.30. The van der Waals surface area contributed by atoms with Crippen molar-refractivity contribution in [1.82, 2.24) is 15.5 Å². The third-order valence-corrected chi connectivity index (χ3v) is 6.09. The van der Waals surface area contributed by atoms with Gasteiger partial charge in [-0.25, -0.2) is 0 Å². The van der Waals surface area contributed by atoms with Crippen LogP contribution in [-0.2, 0) is 4.79 Å². The van der Waals surface area contributed by atoms with Gasteiger partial charge in [-0.2, -0.15) is 0 Å². The van der Waals surface area contributed by atoms with Crippen LogP contribution in [0.15, 0.2) is 81.8 Å². The first-order valence-electron chi connectivity index (χ1n) is 9.22. The van der Waals surface area contributed by atoms with Crippen LogP contribution in [0.1, 0.15) is 16.5 Å².